The van der Waals surface area contributed by atoms with E-state index in [-0.39, 0.29) is 5.78 Å². The van der Waals surface area contributed by atoms with Crippen molar-refractivity contribution in [3.63, 3.8) is 0 Å². The molecule has 0 bridgehead atoms. The number of nitrogens with one attached hydrogen (secondary N) is 2. The Morgan fingerprint density at radius 2 is 2.24 bits per heavy atom. The highest BCUT2D eigenvalue weighted by Gasteiger charge is 2.24. The number of rotatable bonds is 6. The second-order valence-electron chi connectivity index (χ2n) is 7.87. The molecule has 5 rings (SSSR count). The van der Waals surface area contributed by atoms with E-state index in [1.165, 1.54) is 5.56 Å². The van der Waals surface area contributed by atoms with Crippen LogP contribution in [-0.4, -0.2) is 46.6 Å². The lowest BCUT2D eigenvalue weighted by atomic mass is 9.92. The van der Waals surface area contributed by atoms with E-state index in [1.54, 1.807) is 6.33 Å². The highest BCUT2D eigenvalue weighted by Crippen LogP contribution is 2.28. The van der Waals surface area contributed by atoms with Gasteiger partial charge in [-0.2, -0.15) is 0 Å². The first-order valence-corrected chi connectivity index (χ1v) is 10.2. The van der Waals surface area contributed by atoms with E-state index >= 15 is 0 Å². The number of aromatic nitrogens is 3. The quantitative estimate of drug-likeness (QED) is 0.677. The van der Waals surface area contributed by atoms with Crippen molar-refractivity contribution in [2.24, 2.45) is 10.9 Å². The van der Waals surface area contributed by atoms with Crippen molar-refractivity contribution in [1.82, 2.24) is 15.0 Å². The Hall–Kier alpha value is -3.22. The minimum Gasteiger partial charge on any atom is -0.378 e. The zero-order valence-corrected chi connectivity index (χ0v) is 16.3. The molecule has 7 heteroatoms. The lowest BCUT2D eigenvalue weighted by molar-refractivity contribution is -0.118. The van der Waals surface area contributed by atoms with E-state index in [4.69, 9.17) is 0 Å². The van der Waals surface area contributed by atoms with Crippen LogP contribution in [0.5, 0.6) is 0 Å². The fourth-order valence-corrected chi connectivity index (χ4v) is 4.34. The minimum absolute atomic E-state index is 0.250. The van der Waals surface area contributed by atoms with Crippen molar-refractivity contribution >= 4 is 34.5 Å². The summed E-state index contributed by atoms with van der Waals surface area (Å²) in [5.41, 5.74) is 4.22. The van der Waals surface area contributed by atoms with Gasteiger partial charge in [0.1, 0.15) is 17.8 Å². The minimum atomic E-state index is 0.250. The van der Waals surface area contributed by atoms with Crippen molar-refractivity contribution in [2.45, 2.75) is 25.8 Å². The smallest absolute Gasteiger partial charge is 0.152 e. The van der Waals surface area contributed by atoms with E-state index in [9.17, 15) is 4.79 Å². The maximum absolute atomic E-state index is 12.6. The largest absolute Gasteiger partial charge is 0.378 e. The number of fused-ring (bicyclic) bond motifs is 2. The number of carbonyl (C=O) groups excluding carboxylic acids is 1. The van der Waals surface area contributed by atoms with Crippen LogP contribution in [-0.2, 0) is 11.3 Å². The van der Waals surface area contributed by atoms with E-state index < -0.39 is 0 Å². The Morgan fingerprint density at radius 3 is 3.21 bits per heavy atom. The summed E-state index contributed by atoms with van der Waals surface area (Å²) in [7, 11) is 0. The zero-order chi connectivity index (χ0) is 19.6. The maximum Gasteiger partial charge on any atom is 0.152 e. The Balaban J connectivity index is 1.19. The van der Waals surface area contributed by atoms with Gasteiger partial charge in [-0.1, -0.05) is 6.07 Å². The van der Waals surface area contributed by atoms with Crippen LogP contribution >= 0.6 is 0 Å². The summed E-state index contributed by atoms with van der Waals surface area (Å²) < 4.78 is 0. The summed E-state index contributed by atoms with van der Waals surface area (Å²) in [6.45, 7) is 2.95. The van der Waals surface area contributed by atoms with Crippen LogP contribution in [0.1, 0.15) is 30.4 Å². The maximum atomic E-state index is 12.6. The number of benzene rings is 1. The SMILES string of the molecule is O=C(CNc1ccc2c(c1)C=NC2)C[C@@H]1CCCN(c2ncnc3[nH]ccc23)C1. The molecule has 0 saturated carbocycles. The number of piperidine rings is 1. The van der Waals surface area contributed by atoms with Crippen molar-refractivity contribution in [3.05, 3.63) is 47.9 Å². The zero-order valence-electron chi connectivity index (χ0n) is 16.3. The Labute approximate surface area is 169 Å². The summed E-state index contributed by atoms with van der Waals surface area (Å²) in [6.07, 6.45) is 8.15. The molecule has 29 heavy (non-hydrogen) atoms. The van der Waals surface area contributed by atoms with Crippen LogP contribution in [0.25, 0.3) is 11.0 Å². The first-order valence-electron chi connectivity index (χ1n) is 10.2. The van der Waals surface area contributed by atoms with Gasteiger partial charge in [-0.3, -0.25) is 9.79 Å². The number of Topliss-reactive ketones (excluding diaryl/α,β-unsaturated/α-hetero) is 1. The molecule has 0 spiro atoms. The number of hydrogen-bond donors (Lipinski definition) is 2. The second kappa shape index (κ2) is 7.66. The molecule has 1 atom stereocenters. The molecule has 4 heterocycles. The molecule has 0 amide bonds. The topological polar surface area (TPSA) is 86.3 Å². The lowest BCUT2D eigenvalue weighted by Crippen LogP contribution is -2.37. The fraction of sp³-hybridized carbons (Fsp3) is 0.364. The van der Waals surface area contributed by atoms with Gasteiger partial charge in [0.05, 0.1) is 18.5 Å². The van der Waals surface area contributed by atoms with Gasteiger partial charge in [-0.15, -0.1) is 0 Å². The van der Waals surface area contributed by atoms with Gasteiger partial charge in [-0.05, 0) is 48.1 Å². The van der Waals surface area contributed by atoms with Gasteiger partial charge in [-0.25, -0.2) is 9.97 Å². The number of aromatic amines is 1. The molecule has 148 valence electrons. The van der Waals surface area contributed by atoms with E-state index in [0.29, 0.717) is 18.9 Å². The number of aliphatic imine (C=N–C) groups is 1. The van der Waals surface area contributed by atoms with Gasteiger partial charge in [0.25, 0.3) is 0 Å². The monoisotopic (exact) mass is 388 g/mol. The first-order chi connectivity index (χ1) is 14.3. The highest BCUT2D eigenvalue weighted by atomic mass is 16.1. The molecule has 0 unspecified atom stereocenters. The van der Waals surface area contributed by atoms with Crippen molar-refractivity contribution in [2.75, 3.05) is 29.9 Å². The average molecular weight is 388 g/mol. The standard InChI is InChI=1S/C22H24N6O/c29-19(12-25-18-4-3-16-10-23-11-17(16)9-18)8-15-2-1-7-28(13-15)22-20-5-6-24-21(20)26-14-27-22/h3-6,9,11,14-15,25H,1-2,7-8,10,12-13H2,(H,24,26,27)/t15-/m0/s1. The van der Waals surface area contributed by atoms with Gasteiger partial charge < -0.3 is 15.2 Å². The second-order valence-corrected chi connectivity index (χ2v) is 7.87. The third-order valence-corrected chi connectivity index (χ3v) is 5.80. The molecule has 1 fully saturated rings. The average Bonchev–Trinajstić information content (AvgIpc) is 3.41. The molecule has 2 aliphatic heterocycles. The third kappa shape index (κ3) is 3.72. The van der Waals surface area contributed by atoms with Gasteiger partial charge in [0, 0.05) is 37.6 Å². The summed E-state index contributed by atoms with van der Waals surface area (Å²) in [4.78, 5) is 31.1. The fourth-order valence-electron chi connectivity index (χ4n) is 4.34. The molecule has 0 aliphatic carbocycles. The number of nitrogens with zero attached hydrogens (tertiary/aromatic N) is 4. The van der Waals surface area contributed by atoms with E-state index in [0.717, 1.165) is 60.6 Å². The van der Waals surface area contributed by atoms with Crippen molar-refractivity contribution in [3.8, 4) is 0 Å². The van der Waals surface area contributed by atoms with E-state index in [2.05, 4.69) is 42.3 Å². The number of ketones is 1. The van der Waals surface area contributed by atoms with Crippen LogP contribution < -0.4 is 10.2 Å². The number of carbonyl (C=O) groups is 1. The molecule has 7 nitrogen and oxygen atoms in total. The molecular weight excluding hydrogens is 364 g/mol. The van der Waals surface area contributed by atoms with Crippen LogP contribution in [0.15, 0.2) is 41.8 Å². The highest BCUT2D eigenvalue weighted by molar-refractivity contribution is 5.88. The van der Waals surface area contributed by atoms with Gasteiger partial charge >= 0.3 is 0 Å². The molecule has 3 aromatic rings. The van der Waals surface area contributed by atoms with Crippen LogP contribution in [0.4, 0.5) is 11.5 Å². The van der Waals surface area contributed by atoms with Crippen LogP contribution in [0.3, 0.4) is 0 Å². The molecule has 2 aromatic heterocycles. The van der Waals surface area contributed by atoms with Gasteiger partial charge in [0.2, 0.25) is 0 Å². The Bertz CT molecular complexity index is 1070. The number of anilines is 2. The Morgan fingerprint density at radius 1 is 1.28 bits per heavy atom. The lowest BCUT2D eigenvalue weighted by Gasteiger charge is -2.33. The summed E-state index contributed by atoms with van der Waals surface area (Å²) in [5, 5.41) is 4.32. The van der Waals surface area contributed by atoms with Crippen LogP contribution in [0.2, 0.25) is 0 Å². The molecule has 1 aromatic carbocycles. The third-order valence-electron chi connectivity index (χ3n) is 5.80. The predicted molar refractivity (Wildman–Crippen MR) is 115 cm³/mol. The molecule has 2 aliphatic rings. The Kier molecular flexibility index (Phi) is 4.71. The molecular formula is C22H24N6O. The molecule has 2 N–H and O–H groups in total. The molecule has 1 saturated heterocycles. The van der Waals surface area contributed by atoms with Crippen molar-refractivity contribution in [1.29, 1.82) is 0 Å². The normalized spacial score (nSPS) is 18.2. The van der Waals surface area contributed by atoms with Gasteiger partial charge in [0.15, 0.2) is 5.78 Å². The first kappa shape index (κ1) is 17.8. The molecule has 0 radical (unpaired) electrons. The van der Waals surface area contributed by atoms with Crippen molar-refractivity contribution < 1.29 is 4.79 Å². The van der Waals surface area contributed by atoms with E-state index in [1.807, 2.05) is 24.5 Å². The predicted octanol–water partition coefficient (Wildman–Crippen LogP) is 3.18. The number of hydrogen-bond acceptors (Lipinski definition) is 6. The summed E-state index contributed by atoms with van der Waals surface area (Å²) >= 11 is 0. The number of H-pyrrole nitrogens is 1. The van der Waals surface area contributed by atoms with Crippen LogP contribution in [0, 0.1) is 5.92 Å². The summed E-state index contributed by atoms with van der Waals surface area (Å²) in [5.74, 6) is 1.57. The summed E-state index contributed by atoms with van der Waals surface area (Å²) in [6, 6.07) is 8.20.